The van der Waals surface area contributed by atoms with E-state index in [1.165, 1.54) is 24.3 Å². The summed E-state index contributed by atoms with van der Waals surface area (Å²) in [6.45, 7) is 0.163. The summed E-state index contributed by atoms with van der Waals surface area (Å²) in [4.78, 5) is 11.9. The molecule has 0 saturated heterocycles. The van der Waals surface area contributed by atoms with E-state index in [1.807, 2.05) is 0 Å². The topological polar surface area (TPSA) is 102 Å². The third kappa shape index (κ3) is 4.98. The van der Waals surface area contributed by atoms with Crippen molar-refractivity contribution in [1.82, 2.24) is 15.5 Å². The molecule has 0 spiro atoms. The average molecular weight is 389 g/mol. The SMILES string of the molecule is O=C(NCCc1nnc(S(=O)(=O)Cc2ccccc2)o1)c1ccc(F)cc1. The minimum atomic E-state index is -3.74. The third-order valence-corrected chi connectivity index (χ3v) is 5.06. The summed E-state index contributed by atoms with van der Waals surface area (Å²) in [5, 5.41) is 9.46. The van der Waals surface area contributed by atoms with Gasteiger partial charge in [0.25, 0.3) is 5.91 Å². The summed E-state index contributed by atoms with van der Waals surface area (Å²) in [5.41, 5.74) is 0.928. The summed E-state index contributed by atoms with van der Waals surface area (Å²) in [7, 11) is -3.74. The van der Waals surface area contributed by atoms with Crippen LogP contribution in [0.4, 0.5) is 4.39 Å². The van der Waals surface area contributed by atoms with Crippen LogP contribution in [0.15, 0.2) is 64.2 Å². The first kappa shape index (κ1) is 18.7. The first-order valence-corrected chi connectivity index (χ1v) is 9.72. The minimum absolute atomic E-state index is 0.0982. The van der Waals surface area contributed by atoms with Gasteiger partial charge in [-0.3, -0.25) is 4.79 Å². The Morgan fingerprint density at radius 3 is 2.44 bits per heavy atom. The lowest BCUT2D eigenvalue weighted by Gasteiger charge is -2.03. The zero-order valence-corrected chi connectivity index (χ0v) is 14.9. The Labute approximate surface area is 155 Å². The molecule has 27 heavy (non-hydrogen) atoms. The quantitative estimate of drug-likeness (QED) is 0.664. The number of carbonyl (C=O) groups excluding carboxylic acids is 1. The maximum absolute atomic E-state index is 12.9. The Morgan fingerprint density at radius 1 is 1.04 bits per heavy atom. The smallest absolute Gasteiger partial charge is 0.335 e. The van der Waals surface area contributed by atoms with Crippen LogP contribution in [-0.2, 0) is 22.0 Å². The van der Waals surface area contributed by atoms with E-state index in [0.29, 0.717) is 11.1 Å². The van der Waals surface area contributed by atoms with Gasteiger partial charge in [-0.2, -0.15) is 0 Å². The van der Waals surface area contributed by atoms with E-state index >= 15 is 0 Å². The molecule has 2 aromatic carbocycles. The van der Waals surface area contributed by atoms with Crippen LogP contribution < -0.4 is 5.32 Å². The molecule has 0 atom stereocenters. The molecule has 0 unspecified atom stereocenters. The molecule has 0 bridgehead atoms. The highest BCUT2D eigenvalue weighted by molar-refractivity contribution is 7.90. The van der Waals surface area contributed by atoms with Gasteiger partial charge in [-0.25, -0.2) is 12.8 Å². The van der Waals surface area contributed by atoms with Gasteiger partial charge in [0.2, 0.25) is 15.7 Å². The Hall–Kier alpha value is -3.07. The normalized spacial score (nSPS) is 11.3. The molecule has 7 nitrogen and oxygen atoms in total. The van der Waals surface area contributed by atoms with Gasteiger partial charge in [-0.1, -0.05) is 35.4 Å². The summed E-state index contributed by atoms with van der Waals surface area (Å²) in [6, 6.07) is 13.8. The Morgan fingerprint density at radius 2 is 1.74 bits per heavy atom. The van der Waals surface area contributed by atoms with Gasteiger partial charge < -0.3 is 9.73 Å². The largest absolute Gasteiger partial charge is 0.412 e. The zero-order chi connectivity index (χ0) is 19.3. The second-order valence-corrected chi connectivity index (χ2v) is 7.59. The molecule has 0 aliphatic heterocycles. The monoisotopic (exact) mass is 389 g/mol. The van der Waals surface area contributed by atoms with Gasteiger partial charge >= 0.3 is 5.22 Å². The van der Waals surface area contributed by atoms with Gasteiger partial charge in [0.15, 0.2) is 0 Å². The van der Waals surface area contributed by atoms with E-state index in [4.69, 9.17) is 4.42 Å². The number of halogens is 1. The number of hydrogen-bond donors (Lipinski definition) is 1. The van der Waals surface area contributed by atoms with Crippen LogP contribution in [0.2, 0.25) is 0 Å². The number of carbonyl (C=O) groups is 1. The number of nitrogens with zero attached hydrogens (tertiary/aromatic N) is 2. The molecule has 0 saturated carbocycles. The van der Waals surface area contributed by atoms with Crippen molar-refractivity contribution in [3.05, 3.63) is 77.4 Å². The molecule has 1 amide bonds. The molecular weight excluding hydrogens is 373 g/mol. The second-order valence-electron chi connectivity index (χ2n) is 5.72. The lowest BCUT2D eigenvalue weighted by molar-refractivity contribution is 0.0953. The van der Waals surface area contributed by atoms with Gasteiger partial charge in [0.1, 0.15) is 5.82 Å². The van der Waals surface area contributed by atoms with Gasteiger partial charge in [-0.05, 0) is 29.8 Å². The zero-order valence-electron chi connectivity index (χ0n) is 14.1. The number of sulfone groups is 1. The highest BCUT2D eigenvalue weighted by atomic mass is 32.2. The predicted octanol–water partition coefficient (Wildman–Crippen LogP) is 2.16. The van der Waals surface area contributed by atoms with Crippen molar-refractivity contribution in [1.29, 1.82) is 0 Å². The minimum Gasteiger partial charge on any atom is -0.412 e. The van der Waals surface area contributed by atoms with Crippen LogP contribution in [0.3, 0.4) is 0 Å². The fourth-order valence-corrected chi connectivity index (χ4v) is 3.45. The van der Waals surface area contributed by atoms with Crippen molar-refractivity contribution in [2.45, 2.75) is 17.4 Å². The lowest BCUT2D eigenvalue weighted by Crippen LogP contribution is -2.25. The van der Waals surface area contributed by atoms with E-state index in [1.54, 1.807) is 30.3 Å². The van der Waals surface area contributed by atoms with Crippen LogP contribution in [0.5, 0.6) is 0 Å². The number of hydrogen-bond acceptors (Lipinski definition) is 6. The maximum Gasteiger partial charge on any atom is 0.335 e. The van der Waals surface area contributed by atoms with E-state index in [0.717, 1.165) is 0 Å². The third-order valence-electron chi connectivity index (χ3n) is 3.64. The van der Waals surface area contributed by atoms with E-state index in [2.05, 4.69) is 15.5 Å². The number of aromatic nitrogens is 2. The molecular formula is C18H16FN3O4S. The lowest BCUT2D eigenvalue weighted by atomic mass is 10.2. The Bertz CT molecular complexity index is 1020. The molecule has 0 fully saturated rings. The average Bonchev–Trinajstić information content (AvgIpc) is 3.13. The molecule has 0 radical (unpaired) electrons. The van der Waals surface area contributed by atoms with Gasteiger partial charge in [-0.15, -0.1) is 5.10 Å². The van der Waals surface area contributed by atoms with Crippen molar-refractivity contribution in [2.24, 2.45) is 0 Å². The first-order chi connectivity index (χ1) is 12.9. The molecule has 0 aliphatic carbocycles. The summed E-state index contributed by atoms with van der Waals surface area (Å²) in [6.07, 6.45) is 0.167. The molecule has 9 heteroatoms. The number of amides is 1. The van der Waals surface area contributed by atoms with Crippen molar-refractivity contribution >= 4 is 15.7 Å². The van der Waals surface area contributed by atoms with Crippen LogP contribution in [-0.4, -0.2) is 31.1 Å². The van der Waals surface area contributed by atoms with Crippen molar-refractivity contribution in [3.8, 4) is 0 Å². The molecule has 3 aromatic rings. The molecule has 3 rings (SSSR count). The van der Waals surface area contributed by atoms with Crippen LogP contribution in [0.1, 0.15) is 21.8 Å². The van der Waals surface area contributed by atoms with Crippen LogP contribution in [0.25, 0.3) is 0 Å². The highest BCUT2D eigenvalue weighted by Gasteiger charge is 2.23. The Kier molecular flexibility index (Phi) is 5.60. The molecule has 0 aliphatic rings. The summed E-state index contributed by atoms with van der Waals surface area (Å²) < 4.78 is 42.7. The van der Waals surface area contributed by atoms with Gasteiger partial charge in [0.05, 0.1) is 5.75 Å². The van der Waals surface area contributed by atoms with E-state index in [9.17, 15) is 17.6 Å². The van der Waals surface area contributed by atoms with E-state index < -0.39 is 20.9 Å². The van der Waals surface area contributed by atoms with Crippen LogP contribution >= 0.6 is 0 Å². The van der Waals surface area contributed by atoms with Gasteiger partial charge in [0, 0.05) is 18.5 Å². The summed E-state index contributed by atoms with van der Waals surface area (Å²) >= 11 is 0. The molecule has 1 heterocycles. The second kappa shape index (κ2) is 8.09. The van der Waals surface area contributed by atoms with E-state index in [-0.39, 0.29) is 30.5 Å². The summed E-state index contributed by atoms with van der Waals surface area (Å²) in [5.74, 6) is -0.953. The van der Waals surface area contributed by atoms with Crippen LogP contribution in [0, 0.1) is 5.82 Å². The molecule has 1 N–H and O–H groups in total. The number of benzene rings is 2. The molecule has 140 valence electrons. The predicted molar refractivity (Wildman–Crippen MR) is 94.1 cm³/mol. The maximum atomic E-state index is 12.9. The standard InChI is InChI=1S/C18H16FN3O4S/c19-15-8-6-14(7-9-15)17(23)20-11-10-16-21-22-18(26-16)27(24,25)12-13-4-2-1-3-5-13/h1-9H,10-12H2,(H,20,23). The van der Waals surface area contributed by atoms with Crippen molar-refractivity contribution in [2.75, 3.05) is 6.54 Å². The Balaban J connectivity index is 1.56. The van der Waals surface area contributed by atoms with Crippen molar-refractivity contribution in [3.63, 3.8) is 0 Å². The first-order valence-electron chi connectivity index (χ1n) is 8.07. The van der Waals surface area contributed by atoms with Crippen molar-refractivity contribution < 1.29 is 22.0 Å². The fraction of sp³-hybridized carbons (Fsp3) is 0.167. The number of rotatable bonds is 7. The fourth-order valence-electron chi connectivity index (χ4n) is 2.31. The highest BCUT2D eigenvalue weighted by Crippen LogP contribution is 2.15. The molecule has 1 aromatic heterocycles. The number of nitrogens with one attached hydrogen (secondary N) is 1.